The summed E-state index contributed by atoms with van der Waals surface area (Å²) < 4.78 is 0. The van der Waals surface area contributed by atoms with Crippen molar-refractivity contribution in [1.82, 2.24) is 20.7 Å². The molecule has 25 heavy (non-hydrogen) atoms. The number of fused-ring (bicyclic) bond motifs is 1. The molecular weight excluding hydrogens is 320 g/mol. The lowest BCUT2D eigenvalue weighted by molar-refractivity contribution is -0.140. The molecule has 0 aliphatic heterocycles. The molecule has 0 radical (unpaired) electrons. The van der Waals surface area contributed by atoms with Gasteiger partial charge in [0.25, 0.3) is 0 Å². The molecule has 4 rings (SSSR count). The van der Waals surface area contributed by atoms with Crippen LogP contribution in [-0.2, 0) is 16.0 Å². The van der Waals surface area contributed by atoms with Crippen LogP contribution in [0.5, 0.6) is 0 Å². The molecule has 1 fully saturated rings. The summed E-state index contributed by atoms with van der Waals surface area (Å²) in [6.07, 6.45) is 5.28. The van der Waals surface area contributed by atoms with Gasteiger partial charge < -0.3 is 10.4 Å². The summed E-state index contributed by atoms with van der Waals surface area (Å²) in [4.78, 5) is 24.5. The van der Waals surface area contributed by atoms with Gasteiger partial charge in [-0.25, -0.2) is 0 Å². The molecule has 2 atom stereocenters. The Balaban J connectivity index is 1.54. The molecule has 7 heteroatoms. The zero-order chi connectivity index (χ0) is 17.4. The maximum Gasteiger partial charge on any atom is 0.311 e. The van der Waals surface area contributed by atoms with Crippen LogP contribution in [0, 0.1) is 5.41 Å². The fourth-order valence-electron chi connectivity index (χ4n) is 4.06. The summed E-state index contributed by atoms with van der Waals surface area (Å²) in [5.74, 6) is -1.41. The predicted molar refractivity (Wildman–Crippen MR) is 88.7 cm³/mol. The molecule has 2 aromatic rings. The van der Waals surface area contributed by atoms with E-state index in [0.717, 1.165) is 36.1 Å². The Morgan fingerprint density at radius 3 is 2.64 bits per heavy atom. The summed E-state index contributed by atoms with van der Waals surface area (Å²) in [7, 11) is 0. The first-order valence-corrected chi connectivity index (χ1v) is 8.56. The second-order valence-electron chi connectivity index (χ2n) is 7.05. The minimum absolute atomic E-state index is 0.00686. The van der Waals surface area contributed by atoms with Crippen molar-refractivity contribution >= 4 is 11.9 Å². The van der Waals surface area contributed by atoms with Crippen molar-refractivity contribution in [3.63, 3.8) is 0 Å². The van der Waals surface area contributed by atoms with Crippen LogP contribution in [0.4, 0.5) is 0 Å². The first-order valence-electron chi connectivity index (χ1n) is 8.56. The van der Waals surface area contributed by atoms with Crippen molar-refractivity contribution in [1.29, 1.82) is 0 Å². The van der Waals surface area contributed by atoms with E-state index in [0.29, 0.717) is 12.8 Å². The van der Waals surface area contributed by atoms with Crippen molar-refractivity contribution in [3.05, 3.63) is 47.3 Å². The number of carbonyl (C=O) groups is 2. The van der Waals surface area contributed by atoms with Gasteiger partial charge >= 0.3 is 5.97 Å². The number of carbonyl (C=O) groups excluding carboxylic acids is 1. The lowest BCUT2D eigenvalue weighted by atomic mass is 9.65. The fraction of sp³-hybridized carbons (Fsp3) is 0.444. The fourth-order valence-corrected chi connectivity index (χ4v) is 4.06. The number of aromatic nitrogens is 3. The Hall–Kier alpha value is -2.70. The Kier molecular flexibility index (Phi) is 3.78. The summed E-state index contributed by atoms with van der Waals surface area (Å²) >= 11 is 0. The van der Waals surface area contributed by atoms with Gasteiger partial charge in [0.05, 0.1) is 29.3 Å². The zero-order valence-electron chi connectivity index (χ0n) is 13.7. The number of H-pyrrole nitrogens is 1. The quantitative estimate of drug-likeness (QED) is 0.771. The maximum atomic E-state index is 13.0. The Morgan fingerprint density at radius 2 is 2.04 bits per heavy atom. The van der Waals surface area contributed by atoms with E-state index in [1.54, 1.807) is 6.20 Å². The lowest BCUT2D eigenvalue weighted by Gasteiger charge is -2.40. The molecule has 0 saturated heterocycles. The topological polar surface area (TPSA) is 108 Å². The molecule has 0 spiro atoms. The highest BCUT2D eigenvalue weighted by molar-refractivity contribution is 5.85. The number of hydrogen-bond acceptors (Lipinski definition) is 4. The summed E-state index contributed by atoms with van der Waals surface area (Å²) in [5.41, 5.74) is 2.05. The molecule has 0 bridgehead atoms. The van der Waals surface area contributed by atoms with Gasteiger partial charge in [-0.3, -0.25) is 9.59 Å². The van der Waals surface area contributed by atoms with E-state index in [4.69, 9.17) is 0 Å². The van der Waals surface area contributed by atoms with Gasteiger partial charge in [-0.15, -0.1) is 0 Å². The van der Waals surface area contributed by atoms with Crippen LogP contribution in [0.25, 0.3) is 0 Å². The molecule has 2 aliphatic carbocycles. The normalized spacial score (nSPS) is 23.5. The van der Waals surface area contributed by atoms with Gasteiger partial charge in [0.2, 0.25) is 5.91 Å². The molecule has 1 aromatic heterocycles. The monoisotopic (exact) mass is 340 g/mol. The van der Waals surface area contributed by atoms with Gasteiger partial charge in [-0.1, -0.05) is 30.7 Å². The Labute approximate surface area is 144 Å². The average molecular weight is 340 g/mol. The second kappa shape index (κ2) is 5.98. The van der Waals surface area contributed by atoms with Crippen molar-refractivity contribution in [2.45, 2.75) is 44.1 Å². The zero-order valence-corrected chi connectivity index (χ0v) is 13.7. The van der Waals surface area contributed by atoms with Gasteiger partial charge in [0.1, 0.15) is 0 Å². The smallest absolute Gasteiger partial charge is 0.311 e. The molecule has 1 amide bonds. The van der Waals surface area contributed by atoms with E-state index in [-0.39, 0.29) is 11.9 Å². The number of nitrogens with one attached hydrogen (secondary N) is 2. The predicted octanol–water partition coefficient (Wildman–Crippen LogP) is 1.95. The first kappa shape index (κ1) is 15.8. The van der Waals surface area contributed by atoms with E-state index in [1.807, 2.05) is 24.3 Å². The lowest BCUT2D eigenvalue weighted by Crippen LogP contribution is -2.48. The number of hydrogen-bond donors (Lipinski definition) is 3. The third kappa shape index (κ3) is 2.69. The molecule has 1 heterocycles. The van der Waals surface area contributed by atoms with Crippen molar-refractivity contribution in [2.75, 3.05) is 0 Å². The number of nitrogens with zero attached hydrogens (tertiary/aromatic N) is 2. The van der Waals surface area contributed by atoms with E-state index in [1.165, 1.54) is 0 Å². The number of benzene rings is 1. The van der Waals surface area contributed by atoms with E-state index in [2.05, 4.69) is 20.7 Å². The van der Waals surface area contributed by atoms with Crippen molar-refractivity contribution < 1.29 is 14.7 Å². The molecular formula is C18H20N4O3. The number of carboxylic acid groups (broad SMARTS) is 1. The first-order chi connectivity index (χ1) is 12.1. The number of aromatic amines is 1. The van der Waals surface area contributed by atoms with E-state index < -0.39 is 17.3 Å². The summed E-state index contributed by atoms with van der Waals surface area (Å²) in [6, 6.07) is 7.23. The van der Waals surface area contributed by atoms with Crippen LogP contribution in [0.3, 0.4) is 0 Å². The SMILES string of the molecule is O=C(O)C1CC(NC(=O)C2(Cc3cn[nH]n3)CCC2)c2ccccc21. The van der Waals surface area contributed by atoms with Crippen LogP contribution >= 0.6 is 0 Å². The summed E-state index contributed by atoms with van der Waals surface area (Å²) in [5, 5.41) is 23.1. The van der Waals surface area contributed by atoms with Gasteiger partial charge in [0.15, 0.2) is 0 Å². The number of rotatable bonds is 5. The minimum atomic E-state index is -0.842. The van der Waals surface area contributed by atoms with Gasteiger partial charge in [0, 0.05) is 6.42 Å². The second-order valence-corrected chi connectivity index (χ2v) is 7.05. The average Bonchev–Trinajstić information content (AvgIpc) is 3.19. The van der Waals surface area contributed by atoms with Crippen LogP contribution in [0.15, 0.2) is 30.5 Å². The largest absolute Gasteiger partial charge is 0.481 e. The molecule has 1 saturated carbocycles. The molecule has 1 aromatic carbocycles. The molecule has 2 unspecified atom stereocenters. The Morgan fingerprint density at radius 1 is 1.28 bits per heavy atom. The summed E-state index contributed by atoms with van der Waals surface area (Å²) in [6.45, 7) is 0. The highest BCUT2D eigenvalue weighted by atomic mass is 16.4. The molecule has 2 aliphatic rings. The number of carboxylic acids is 1. The van der Waals surface area contributed by atoms with Crippen LogP contribution in [0.2, 0.25) is 0 Å². The van der Waals surface area contributed by atoms with Crippen molar-refractivity contribution in [2.24, 2.45) is 5.41 Å². The van der Waals surface area contributed by atoms with Crippen molar-refractivity contribution in [3.8, 4) is 0 Å². The highest BCUT2D eigenvalue weighted by Crippen LogP contribution is 2.46. The van der Waals surface area contributed by atoms with Gasteiger partial charge in [-0.2, -0.15) is 15.4 Å². The third-order valence-electron chi connectivity index (χ3n) is 5.60. The van der Waals surface area contributed by atoms with Crippen LogP contribution in [0.1, 0.15) is 54.5 Å². The Bertz CT molecular complexity index is 798. The maximum absolute atomic E-state index is 13.0. The van der Waals surface area contributed by atoms with E-state index >= 15 is 0 Å². The number of amides is 1. The molecule has 7 nitrogen and oxygen atoms in total. The van der Waals surface area contributed by atoms with Gasteiger partial charge in [-0.05, 0) is 30.4 Å². The molecule has 130 valence electrons. The third-order valence-corrected chi connectivity index (χ3v) is 5.60. The standard InChI is InChI=1S/C18H20N4O3/c23-16(24)14-8-15(13-5-2-1-4-12(13)14)20-17(25)18(6-3-7-18)9-11-10-19-22-21-11/h1-2,4-5,10,14-15H,3,6-9H2,(H,20,25)(H,23,24)(H,19,21,22). The number of aliphatic carboxylic acids is 1. The molecule has 3 N–H and O–H groups in total. The minimum Gasteiger partial charge on any atom is -0.481 e. The highest BCUT2D eigenvalue weighted by Gasteiger charge is 2.46. The van der Waals surface area contributed by atoms with Crippen LogP contribution in [-0.4, -0.2) is 32.4 Å². The van der Waals surface area contributed by atoms with Crippen LogP contribution < -0.4 is 5.32 Å². The van der Waals surface area contributed by atoms with E-state index in [9.17, 15) is 14.7 Å².